The molecule has 0 aliphatic carbocycles. The van der Waals surface area contributed by atoms with Crippen LogP contribution in [0.3, 0.4) is 0 Å². The fraction of sp³-hybridized carbons (Fsp3) is 0.333. The van der Waals surface area contributed by atoms with Gasteiger partial charge in [-0.15, -0.1) is 11.6 Å². The van der Waals surface area contributed by atoms with Gasteiger partial charge >= 0.3 is 0 Å². The molecule has 0 N–H and O–H groups in total. The lowest BCUT2D eigenvalue weighted by molar-refractivity contribution is 0.761. The van der Waals surface area contributed by atoms with Gasteiger partial charge in [0.05, 0.1) is 0 Å². The molecule has 0 unspecified atom stereocenters. The van der Waals surface area contributed by atoms with E-state index in [1.54, 1.807) is 0 Å². The molecule has 0 saturated carbocycles. The van der Waals surface area contributed by atoms with E-state index in [0.717, 1.165) is 6.54 Å². The lowest BCUT2D eigenvalue weighted by Crippen LogP contribution is -2.18. The quantitative estimate of drug-likeness (QED) is 0.685. The third kappa shape index (κ3) is 2.55. The Labute approximate surface area is 126 Å². The number of fused-ring (bicyclic) bond motifs is 1. The zero-order valence-electron chi connectivity index (χ0n) is 11.9. The average Bonchev–Trinajstić information content (AvgIpc) is 2.69. The van der Waals surface area contributed by atoms with Gasteiger partial charge in [-0.3, -0.25) is 0 Å². The molecular weight excluding hydrogens is 266 g/mol. The minimum Gasteiger partial charge on any atom is -0.341 e. The molecule has 2 aromatic rings. The molecule has 0 atom stereocenters. The van der Waals surface area contributed by atoms with Crippen LogP contribution in [0.5, 0.6) is 0 Å². The molecule has 0 spiro atoms. The monoisotopic (exact) mass is 285 g/mol. The lowest BCUT2D eigenvalue weighted by atomic mass is 10.1. The van der Waals surface area contributed by atoms with E-state index in [1.165, 1.54) is 47.3 Å². The van der Waals surface area contributed by atoms with E-state index in [2.05, 4.69) is 54.3 Å². The van der Waals surface area contributed by atoms with Crippen molar-refractivity contribution in [2.24, 2.45) is 0 Å². The molecule has 0 aromatic heterocycles. The van der Waals surface area contributed by atoms with Crippen LogP contribution in [0.1, 0.15) is 29.5 Å². The highest BCUT2D eigenvalue weighted by molar-refractivity contribution is 6.17. The topological polar surface area (TPSA) is 3.24 Å². The summed E-state index contributed by atoms with van der Waals surface area (Å²) in [5, 5.41) is 0. The molecule has 2 aromatic carbocycles. The molecule has 3 rings (SSSR count). The van der Waals surface area contributed by atoms with Gasteiger partial charge in [-0.1, -0.05) is 24.3 Å². The molecule has 0 bridgehead atoms. The molecule has 20 heavy (non-hydrogen) atoms. The van der Waals surface area contributed by atoms with Gasteiger partial charge in [-0.05, 0) is 61.1 Å². The number of nitrogens with zero attached hydrogens (tertiary/aromatic N) is 1. The predicted molar refractivity (Wildman–Crippen MR) is 87.1 cm³/mol. The number of hydrogen-bond acceptors (Lipinski definition) is 1. The first-order valence-electron chi connectivity index (χ1n) is 7.30. The van der Waals surface area contributed by atoms with Crippen molar-refractivity contribution in [3.63, 3.8) is 0 Å². The van der Waals surface area contributed by atoms with Crippen molar-refractivity contribution < 1.29 is 0 Å². The van der Waals surface area contributed by atoms with Crippen LogP contribution in [-0.4, -0.2) is 6.54 Å². The van der Waals surface area contributed by atoms with E-state index in [4.69, 9.17) is 11.6 Å². The Morgan fingerprint density at radius 2 is 1.95 bits per heavy atom. The van der Waals surface area contributed by atoms with Crippen LogP contribution in [0.4, 0.5) is 11.4 Å². The summed E-state index contributed by atoms with van der Waals surface area (Å²) < 4.78 is 0. The van der Waals surface area contributed by atoms with Gasteiger partial charge in [0.2, 0.25) is 0 Å². The molecule has 2 heteroatoms. The summed E-state index contributed by atoms with van der Waals surface area (Å²) in [5.41, 5.74) is 6.61. The highest BCUT2D eigenvalue weighted by Crippen LogP contribution is 2.33. The number of halogens is 1. The summed E-state index contributed by atoms with van der Waals surface area (Å²) in [4.78, 5) is 2.45. The van der Waals surface area contributed by atoms with Crippen molar-refractivity contribution in [1.82, 2.24) is 0 Å². The maximum Gasteiger partial charge on any atom is 0.0476 e. The number of alkyl halides is 1. The van der Waals surface area contributed by atoms with Crippen LogP contribution in [-0.2, 0) is 12.3 Å². The lowest BCUT2D eigenvalue weighted by Gasteiger charge is -2.26. The fourth-order valence-electron chi connectivity index (χ4n) is 2.96. The molecule has 1 aliphatic rings. The highest BCUT2D eigenvalue weighted by Gasteiger charge is 2.16. The first-order chi connectivity index (χ1) is 9.79. The van der Waals surface area contributed by atoms with Crippen molar-refractivity contribution in [3.8, 4) is 0 Å². The van der Waals surface area contributed by atoms with Crippen molar-refractivity contribution >= 4 is 23.0 Å². The van der Waals surface area contributed by atoms with Crippen molar-refractivity contribution in [1.29, 1.82) is 0 Å². The Morgan fingerprint density at radius 1 is 1.10 bits per heavy atom. The molecule has 0 fully saturated rings. The second-order valence-electron chi connectivity index (χ2n) is 5.48. The number of anilines is 2. The summed E-state index contributed by atoms with van der Waals surface area (Å²) in [6, 6.07) is 15.4. The number of aryl methyl sites for hydroxylation is 2. The van der Waals surface area contributed by atoms with E-state index >= 15 is 0 Å². The maximum absolute atomic E-state index is 5.96. The van der Waals surface area contributed by atoms with Gasteiger partial charge in [0, 0.05) is 23.8 Å². The predicted octanol–water partition coefficient (Wildman–Crippen LogP) is 5.21. The fourth-order valence-corrected chi connectivity index (χ4v) is 3.26. The Balaban J connectivity index is 2.03. The average molecular weight is 286 g/mol. The minimum atomic E-state index is 0.586. The van der Waals surface area contributed by atoms with Crippen LogP contribution in [0.25, 0.3) is 0 Å². The van der Waals surface area contributed by atoms with E-state index in [-0.39, 0.29) is 0 Å². The first-order valence-corrected chi connectivity index (χ1v) is 7.84. The van der Waals surface area contributed by atoms with E-state index in [9.17, 15) is 0 Å². The molecule has 104 valence electrons. The zero-order valence-corrected chi connectivity index (χ0v) is 12.7. The van der Waals surface area contributed by atoms with Crippen LogP contribution < -0.4 is 4.90 Å². The zero-order chi connectivity index (χ0) is 13.9. The highest BCUT2D eigenvalue weighted by atomic mass is 35.5. The number of hydrogen-bond donors (Lipinski definition) is 0. The molecule has 1 nitrogen and oxygen atoms in total. The van der Waals surface area contributed by atoms with E-state index in [1.807, 2.05) is 0 Å². The molecule has 0 radical (unpaired) electrons. The van der Waals surface area contributed by atoms with Gasteiger partial charge in [0.1, 0.15) is 0 Å². The Bertz CT molecular complexity index is 606. The van der Waals surface area contributed by atoms with Crippen LogP contribution in [0.2, 0.25) is 0 Å². The smallest absolute Gasteiger partial charge is 0.0476 e. The van der Waals surface area contributed by atoms with Gasteiger partial charge in [-0.25, -0.2) is 0 Å². The summed E-state index contributed by atoms with van der Waals surface area (Å²) in [6.07, 6.45) is 3.70. The van der Waals surface area contributed by atoms with E-state index in [0.29, 0.717) is 5.88 Å². The summed E-state index contributed by atoms with van der Waals surface area (Å²) in [5.74, 6) is 0.586. The molecule has 1 heterocycles. The second kappa shape index (κ2) is 5.88. The van der Waals surface area contributed by atoms with Crippen molar-refractivity contribution in [3.05, 3.63) is 59.2 Å². The van der Waals surface area contributed by atoms with Crippen LogP contribution in [0, 0.1) is 6.92 Å². The van der Waals surface area contributed by atoms with Gasteiger partial charge in [-0.2, -0.15) is 0 Å². The normalized spacial score (nSPS) is 14.8. The standard InChI is InChI=1S/C18H20ClN/c1-14-12-17(10-9-16(14)13-19)20-11-5-4-7-15-6-2-3-8-18(15)20/h2-3,6,8-10,12H,4-5,7,11,13H2,1H3. The third-order valence-electron chi connectivity index (χ3n) is 4.14. The maximum atomic E-state index is 5.96. The molecule has 1 aliphatic heterocycles. The number of benzene rings is 2. The second-order valence-corrected chi connectivity index (χ2v) is 5.75. The van der Waals surface area contributed by atoms with Gasteiger partial charge in [0.15, 0.2) is 0 Å². The summed E-state index contributed by atoms with van der Waals surface area (Å²) in [6.45, 7) is 3.24. The summed E-state index contributed by atoms with van der Waals surface area (Å²) >= 11 is 5.96. The Morgan fingerprint density at radius 3 is 2.75 bits per heavy atom. The molecular formula is C18H20ClN. The van der Waals surface area contributed by atoms with Gasteiger partial charge in [0.25, 0.3) is 0 Å². The largest absolute Gasteiger partial charge is 0.341 e. The number of rotatable bonds is 2. The summed E-state index contributed by atoms with van der Waals surface area (Å²) in [7, 11) is 0. The number of para-hydroxylation sites is 1. The molecule has 0 amide bonds. The third-order valence-corrected chi connectivity index (χ3v) is 4.43. The van der Waals surface area contributed by atoms with Gasteiger partial charge < -0.3 is 4.90 Å². The van der Waals surface area contributed by atoms with E-state index < -0.39 is 0 Å². The molecule has 0 saturated heterocycles. The van der Waals surface area contributed by atoms with Crippen LogP contribution >= 0.6 is 11.6 Å². The van der Waals surface area contributed by atoms with Crippen molar-refractivity contribution in [2.45, 2.75) is 32.1 Å². The Hall–Kier alpha value is -1.47. The first kappa shape index (κ1) is 13.5. The van der Waals surface area contributed by atoms with Crippen molar-refractivity contribution in [2.75, 3.05) is 11.4 Å². The van der Waals surface area contributed by atoms with Crippen LogP contribution in [0.15, 0.2) is 42.5 Å². The Kier molecular flexibility index (Phi) is 3.98. The SMILES string of the molecule is Cc1cc(N2CCCCc3ccccc32)ccc1CCl. The minimum absolute atomic E-state index is 0.586.